The van der Waals surface area contributed by atoms with Gasteiger partial charge in [0.05, 0.1) is 18.8 Å². The predicted molar refractivity (Wildman–Crippen MR) is 112 cm³/mol. The minimum Gasteiger partial charge on any atom is -0.490 e. The number of halogens is 1. The highest BCUT2D eigenvalue weighted by Gasteiger charge is 2.18. The number of ether oxygens (including phenoxy) is 1. The fraction of sp³-hybridized carbons (Fsp3) is 0.278. The van der Waals surface area contributed by atoms with Gasteiger partial charge in [-0.25, -0.2) is 8.42 Å². The third-order valence-corrected chi connectivity index (χ3v) is 5.36. The van der Waals surface area contributed by atoms with E-state index in [4.69, 9.17) is 4.74 Å². The number of carbonyl (C=O) groups is 1. The molecule has 2 aromatic carbocycles. The molecule has 0 atom stereocenters. The van der Waals surface area contributed by atoms with E-state index in [2.05, 4.69) is 33.2 Å². The molecule has 0 unspecified atom stereocenters. The molecule has 0 spiro atoms. The maximum atomic E-state index is 12.2. The minimum atomic E-state index is -3.44. The standard InChI is InChI=1S/C18H21IN2O4S/c1-4-25-18-15(6-5-7-16(18)26(3,23)24)20-11-17(22)21-14-9-8-13(19)10-12(14)2/h5-10,20H,4,11H2,1-3H3,(H,21,22). The molecule has 0 radical (unpaired) electrons. The van der Waals surface area contributed by atoms with Crippen LogP contribution in [0.25, 0.3) is 0 Å². The van der Waals surface area contributed by atoms with E-state index < -0.39 is 9.84 Å². The average molecular weight is 488 g/mol. The number of nitrogens with one attached hydrogen (secondary N) is 2. The summed E-state index contributed by atoms with van der Waals surface area (Å²) in [5.41, 5.74) is 2.18. The van der Waals surface area contributed by atoms with Crippen LogP contribution in [0, 0.1) is 10.5 Å². The zero-order chi connectivity index (χ0) is 19.3. The van der Waals surface area contributed by atoms with Crippen molar-refractivity contribution in [3.8, 4) is 5.75 Å². The van der Waals surface area contributed by atoms with Gasteiger partial charge in [-0.3, -0.25) is 4.79 Å². The van der Waals surface area contributed by atoms with E-state index in [1.54, 1.807) is 19.1 Å². The smallest absolute Gasteiger partial charge is 0.243 e. The highest BCUT2D eigenvalue weighted by Crippen LogP contribution is 2.32. The summed E-state index contributed by atoms with van der Waals surface area (Å²) in [6.45, 7) is 4.00. The van der Waals surface area contributed by atoms with Gasteiger partial charge < -0.3 is 15.4 Å². The lowest BCUT2D eigenvalue weighted by Crippen LogP contribution is -2.22. The summed E-state index contributed by atoms with van der Waals surface area (Å²) < 4.78 is 30.5. The fourth-order valence-electron chi connectivity index (χ4n) is 2.38. The van der Waals surface area contributed by atoms with Gasteiger partial charge in [-0.15, -0.1) is 0 Å². The third-order valence-electron chi connectivity index (χ3n) is 3.57. The Balaban J connectivity index is 2.14. The van der Waals surface area contributed by atoms with Gasteiger partial charge in [-0.2, -0.15) is 0 Å². The Labute approximate surface area is 167 Å². The van der Waals surface area contributed by atoms with Gasteiger partial charge in [-0.05, 0) is 72.3 Å². The molecule has 0 saturated heterocycles. The largest absolute Gasteiger partial charge is 0.490 e. The monoisotopic (exact) mass is 488 g/mol. The molecule has 0 aliphatic rings. The van der Waals surface area contributed by atoms with Crippen LogP contribution in [-0.4, -0.2) is 33.7 Å². The van der Waals surface area contributed by atoms with Gasteiger partial charge in [0, 0.05) is 15.5 Å². The number of carbonyl (C=O) groups excluding carboxylic acids is 1. The van der Waals surface area contributed by atoms with Crippen molar-refractivity contribution in [3.05, 3.63) is 45.5 Å². The number of rotatable bonds is 7. The van der Waals surface area contributed by atoms with Crippen LogP contribution in [0.5, 0.6) is 5.75 Å². The molecular formula is C18H21IN2O4S. The highest BCUT2D eigenvalue weighted by atomic mass is 127. The normalized spacial score (nSPS) is 11.1. The molecule has 0 fully saturated rings. The van der Waals surface area contributed by atoms with Crippen LogP contribution in [0.3, 0.4) is 0 Å². The average Bonchev–Trinajstić information content (AvgIpc) is 2.55. The van der Waals surface area contributed by atoms with Crippen LogP contribution >= 0.6 is 22.6 Å². The van der Waals surface area contributed by atoms with Crippen molar-refractivity contribution in [1.82, 2.24) is 0 Å². The molecule has 2 N–H and O–H groups in total. The Kier molecular flexibility index (Phi) is 6.87. The lowest BCUT2D eigenvalue weighted by molar-refractivity contribution is -0.114. The van der Waals surface area contributed by atoms with Crippen molar-refractivity contribution in [2.75, 3.05) is 30.0 Å². The molecule has 0 saturated carbocycles. The van der Waals surface area contributed by atoms with E-state index in [0.29, 0.717) is 12.3 Å². The summed E-state index contributed by atoms with van der Waals surface area (Å²) in [5.74, 6) is -0.00254. The summed E-state index contributed by atoms with van der Waals surface area (Å²) in [4.78, 5) is 12.3. The SMILES string of the molecule is CCOc1c(NCC(=O)Nc2ccc(I)cc2C)cccc1S(C)(=O)=O. The molecule has 6 nitrogen and oxygen atoms in total. The minimum absolute atomic E-state index is 0.0152. The molecule has 140 valence electrons. The van der Waals surface area contributed by atoms with Crippen LogP contribution in [0.1, 0.15) is 12.5 Å². The second-order valence-corrected chi connectivity index (χ2v) is 8.93. The Morgan fingerprint density at radius 2 is 1.92 bits per heavy atom. The van der Waals surface area contributed by atoms with Gasteiger partial charge in [0.1, 0.15) is 4.90 Å². The topological polar surface area (TPSA) is 84.5 Å². The van der Waals surface area contributed by atoms with E-state index in [-0.39, 0.29) is 23.1 Å². The van der Waals surface area contributed by atoms with E-state index >= 15 is 0 Å². The molecule has 1 amide bonds. The second kappa shape index (κ2) is 8.72. The van der Waals surface area contributed by atoms with Gasteiger partial charge in [0.15, 0.2) is 15.6 Å². The van der Waals surface area contributed by atoms with Crippen LogP contribution in [0.2, 0.25) is 0 Å². The van der Waals surface area contributed by atoms with Crippen LogP contribution in [-0.2, 0) is 14.6 Å². The first kappa shape index (κ1) is 20.5. The molecule has 26 heavy (non-hydrogen) atoms. The van der Waals surface area contributed by atoms with Gasteiger partial charge in [-0.1, -0.05) is 6.07 Å². The third kappa shape index (κ3) is 5.34. The van der Waals surface area contributed by atoms with Crippen molar-refractivity contribution in [1.29, 1.82) is 0 Å². The first-order valence-electron chi connectivity index (χ1n) is 7.98. The number of para-hydroxylation sites is 1. The first-order valence-corrected chi connectivity index (χ1v) is 10.9. The van der Waals surface area contributed by atoms with Crippen molar-refractivity contribution in [2.24, 2.45) is 0 Å². The zero-order valence-electron chi connectivity index (χ0n) is 14.8. The number of anilines is 2. The lowest BCUT2D eigenvalue weighted by Gasteiger charge is -2.15. The number of sulfone groups is 1. The molecule has 0 aromatic heterocycles. The molecule has 2 rings (SSSR count). The molecule has 0 aliphatic carbocycles. The second-order valence-electron chi connectivity index (χ2n) is 5.70. The van der Waals surface area contributed by atoms with Crippen molar-refractivity contribution in [3.63, 3.8) is 0 Å². The van der Waals surface area contributed by atoms with Crippen molar-refractivity contribution in [2.45, 2.75) is 18.7 Å². The Morgan fingerprint density at radius 3 is 2.54 bits per heavy atom. The van der Waals surface area contributed by atoms with E-state index in [1.807, 2.05) is 25.1 Å². The zero-order valence-corrected chi connectivity index (χ0v) is 17.8. The lowest BCUT2D eigenvalue weighted by atomic mass is 10.2. The number of benzene rings is 2. The molecule has 0 aliphatic heterocycles. The molecule has 8 heteroatoms. The Bertz CT molecular complexity index is 913. The molecule has 0 heterocycles. The summed E-state index contributed by atoms with van der Waals surface area (Å²) in [6, 6.07) is 10.5. The van der Waals surface area contributed by atoms with Crippen LogP contribution in [0.4, 0.5) is 11.4 Å². The highest BCUT2D eigenvalue weighted by molar-refractivity contribution is 14.1. The Hall–Kier alpha value is -1.81. The van der Waals surface area contributed by atoms with Crippen LogP contribution in [0.15, 0.2) is 41.3 Å². The predicted octanol–water partition coefficient (Wildman–Crippen LogP) is 3.45. The maximum Gasteiger partial charge on any atom is 0.243 e. The number of hydrogen-bond donors (Lipinski definition) is 2. The fourth-order valence-corrected chi connectivity index (χ4v) is 3.86. The van der Waals surface area contributed by atoms with E-state index in [9.17, 15) is 13.2 Å². The number of amides is 1. The summed E-state index contributed by atoms with van der Waals surface area (Å²) in [7, 11) is -3.44. The van der Waals surface area contributed by atoms with Crippen molar-refractivity contribution < 1.29 is 17.9 Å². The maximum absolute atomic E-state index is 12.2. The number of hydrogen-bond acceptors (Lipinski definition) is 5. The number of aryl methyl sites for hydroxylation is 1. The quantitative estimate of drug-likeness (QED) is 0.584. The molecule has 0 bridgehead atoms. The van der Waals surface area contributed by atoms with Gasteiger partial charge >= 0.3 is 0 Å². The summed E-state index contributed by atoms with van der Waals surface area (Å²) >= 11 is 2.21. The molecular weight excluding hydrogens is 467 g/mol. The Morgan fingerprint density at radius 1 is 1.19 bits per heavy atom. The summed E-state index contributed by atoms with van der Waals surface area (Å²) in [6.07, 6.45) is 1.13. The van der Waals surface area contributed by atoms with Crippen molar-refractivity contribution >= 4 is 49.7 Å². The van der Waals surface area contributed by atoms with Gasteiger partial charge in [0.2, 0.25) is 5.91 Å². The van der Waals surface area contributed by atoms with E-state index in [1.165, 1.54) is 6.07 Å². The molecule has 2 aromatic rings. The van der Waals surface area contributed by atoms with Crippen LogP contribution < -0.4 is 15.4 Å². The van der Waals surface area contributed by atoms with E-state index in [0.717, 1.165) is 21.1 Å². The first-order chi connectivity index (χ1) is 12.2. The van der Waals surface area contributed by atoms with Gasteiger partial charge in [0.25, 0.3) is 0 Å². The summed E-state index contributed by atoms with van der Waals surface area (Å²) in [5, 5.41) is 5.80.